The minimum Gasteiger partial charge on any atom is -0.508 e. The van der Waals surface area contributed by atoms with E-state index >= 15 is 0 Å². The molecule has 13 nitrogen and oxygen atoms in total. The number of rotatable bonds is 21. The molecule has 1 saturated heterocycles. The average molecular weight is 771 g/mol. The second-order valence-electron chi connectivity index (χ2n) is 15.1. The Bertz CT molecular complexity index is 1530. The number of hydrogen-bond donors (Lipinski definition) is 4. The van der Waals surface area contributed by atoms with E-state index in [1.54, 1.807) is 41.5 Å². The number of carbonyl (C=O) groups is 5. The van der Waals surface area contributed by atoms with Crippen molar-refractivity contribution in [2.45, 2.75) is 130 Å². The van der Waals surface area contributed by atoms with Crippen LogP contribution in [0.25, 0.3) is 0 Å². The molecule has 0 aliphatic carbocycles. The van der Waals surface area contributed by atoms with Gasteiger partial charge in [-0.1, -0.05) is 66.5 Å². The van der Waals surface area contributed by atoms with Crippen LogP contribution in [0.1, 0.15) is 114 Å². The summed E-state index contributed by atoms with van der Waals surface area (Å²) in [6.45, 7) is 12.2. The number of phenols is 1. The number of phenolic OH excluding ortho intramolecular Hbond substituents is 1. The summed E-state index contributed by atoms with van der Waals surface area (Å²) in [7, 11) is 1.94. The van der Waals surface area contributed by atoms with Crippen molar-refractivity contribution in [2.75, 3.05) is 20.3 Å². The lowest BCUT2D eigenvalue weighted by molar-refractivity contribution is -0.159. The number of nitrogens with two attached hydrogens (primary N) is 1. The van der Waals surface area contributed by atoms with Crippen molar-refractivity contribution in [3.63, 3.8) is 0 Å². The average Bonchev–Trinajstić information content (AvgIpc) is 3.61. The van der Waals surface area contributed by atoms with Crippen LogP contribution in [0.2, 0.25) is 0 Å². The number of piperidine rings is 1. The second-order valence-corrected chi connectivity index (χ2v) is 16.1. The Morgan fingerprint density at radius 3 is 2.39 bits per heavy atom. The number of esters is 1. The van der Waals surface area contributed by atoms with E-state index in [0.717, 1.165) is 31.4 Å². The lowest BCUT2D eigenvalue weighted by Gasteiger charge is -2.39. The van der Waals surface area contributed by atoms with Crippen molar-refractivity contribution in [3.8, 4) is 5.75 Å². The van der Waals surface area contributed by atoms with Crippen LogP contribution in [0.3, 0.4) is 0 Å². The zero-order chi connectivity index (χ0) is 39.9. The van der Waals surface area contributed by atoms with Crippen LogP contribution in [-0.4, -0.2) is 94.0 Å². The Morgan fingerprint density at radius 2 is 1.78 bits per heavy atom. The standard InChI is InChI=1S/C40H62N6O7S/c1-8-12-35(48)53-24-46(40(52)36(26(5)9-2)44-39(51)33-13-10-11-20-45(33)7)32(25(3)4)18-19-34-43-31(23-54-34)38(50)42-29(21-27(6)37(41)49)22-28-14-16-30(47)17-15-28/h14-17,23,25-27,29,32-33,36,47H,8-13,18-22,24H2,1-7H3,(H2,41,49)(H,42,50)(H,44,51)/t26?,27-,29+,32+,33+,36-/m0/s1. The Labute approximate surface area is 324 Å². The molecule has 300 valence electrons. The molecule has 0 saturated carbocycles. The predicted molar refractivity (Wildman–Crippen MR) is 209 cm³/mol. The van der Waals surface area contributed by atoms with Gasteiger partial charge >= 0.3 is 5.97 Å². The summed E-state index contributed by atoms with van der Waals surface area (Å²) in [6.07, 6.45) is 5.92. The summed E-state index contributed by atoms with van der Waals surface area (Å²) in [5.41, 5.74) is 6.66. The third kappa shape index (κ3) is 13.4. The number of aromatic hydroxyl groups is 1. The van der Waals surface area contributed by atoms with E-state index in [1.165, 1.54) is 11.3 Å². The first kappa shape index (κ1) is 44.4. The van der Waals surface area contributed by atoms with Crippen molar-refractivity contribution >= 4 is 40.9 Å². The highest BCUT2D eigenvalue weighted by Crippen LogP contribution is 2.24. The second kappa shape index (κ2) is 21.7. The SMILES string of the molecule is CCCC(=O)OCN(C(=O)[C@@H](NC(=O)[C@H]1CCCCN1C)C(C)CC)[C@H](CCc1nc(C(=O)N[C@@H](Cc2ccc(O)cc2)C[C@H](C)C(N)=O)cs1)C(C)C. The number of ether oxygens (including phenoxy) is 1. The maximum absolute atomic E-state index is 14.5. The fraction of sp³-hybridized carbons (Fsp3) is 0.650. The van der Waals surface area contributed by atoms with Crippen molar-refractivity contribution in [2.24, 2.45) is 23.5 Å². The van der Waals surface area contributed by atoms with E-state index in [-0.39, 0.29) is 66.2 Å². The highest BCUT2D eigenvalue weighted by molar-refractivity contribution is 7.09. The number of nitrogens with zero attached hydrogens (tertiary/aromatic N) is 3. The van der Waals surface area contributed by atoms with Gasteiger partial charge in [-0.05, 0) is 81.6 Å². The molecule has 1 aromatic heterocycles. The van der Waals surface area contributed by atoms with E-state index in [2.05, 4.69) is 15.6 Å². The van der Waals surface area contributed by atoms with Gasteiger partial charge in [-0.25, -0.2) is 4.98 Å². The number of carbonyl (C=O) groups excluding carboxylic acids is 5. The molecule has 1 aliphatic rings. The molecule has 2 heterocycles. The molecule has 0 radical (unpaired) electrons. The van der Waals surface area contributed by atoms with Gasteiger partial charge in [0, 0.05) is 36.2 Å². The Hall–Kier alpha value is -4.04. The van der Waals surface area contributed by atoms with Gasteiger partial charge in [-0.2, -0.15) is 0 Å². The number of aromatic nitrogens is 1. The smallest absolute Gasteiger partial charge is 0.307 e. The number of aryl methyl sites for hydroxylation is 1. The minimum atomic E-state index is -0.800. The number of thiazole rings is 1. The first-order valence-electron chi connectivity index (χ1n) is 19.4. The van der Waals surface area contributed by atoms with Crippen LogP contribution in [0, 0.1) is 17.8 Å². The van der Waals surface area contributed by atoms with Crippen molar-refractivity contribution in [3.05, 3.63) is 45.9 Å². The van der Waals surface area contributed by atoms with Crippen LogP contribution in [0.4, 0.5) is 0 Å². The van der Waals surface area contributed by atoms with Gasteiger partial charge in [-0.3, -0.25) is 28.9 Å². The van der Waals surface area contributed by atoms with Gasteiger partial charge in [-0.15, -0.1) is 11.3 Å². The number of amides is 4. The Morgan fingerprint density at radius 1 is 1.07 bits per heavy atom. The van der Waals surface area contributed by atoms with E-state index < -0.39 is 29.9 Å². The Kier molecular flexibility index (Phi) is 17.9. The normalized spacial score (nSPS) is 17.5. The van der Waals surface area contributed by atoms with Crippen molar-refractivity contribution in [1.82, 2.24) is 25.4 Å². The van der Waals surface area contributed by atoms with E-state index in [0.29, 0.717) is 43.5 Å². The van der Waals surface area contributed by atoms with Crippen LogP contribution in [-0.2, 0) is 36.8 Å². The molecule has 14 heteroatoms. The third-order valence-corrected chi connectivity index (χ3v) is 11.3. The van der Waals surface area contributed by atoms with Gasteiger partial charge in [0.1, 0.15) is 17.5 Å². The Balaban J connectivity index is 1.80. The highest BCUT2D eigenvalue weighted by Gasteiger charge is 2.37. The molecule has 0 spiro atoms. The number of primary amides is 1. The molecule has 1 aliphatic heterocycles. The molecule has 0 bridgehead atoms. The topological polar surface area (TPSA) is 184 Å². The molecule has 1 unspecified atom stereocenters. The first-order chi connectivity index (χ1) is 25.6. The van der Waals surface area contributed by atoms with E-state index in [4.69, 9.17) is 10.5 Å². The molecule has 5 N–H and O–H groups in total. The van der Waals surface area contributed by atoms with E-state index in [1.807, 2.05) is 46.6 Å². The summed E-state index contributed by atoms with van der Waals surface area (Å²) < 4.78 is 5.65. The minimum absolute atomic E-state index is 0.0350. The summed E-state index contributed by atoms with van der Waals surface area (Å²) in [6, 6.07) is 4.80. The summed E-state index contributed by atoms with van der Waals surface area (Å²) in [5, 5.41) is 18.2. The molecular formula is C40H62N6O7S. The van der Waals surface area contributed by atoms with Crippen molar-refractivity contribution in [1.29, 1.82) is 0 Å². The quantitative estimate of drug-likeness (QED) is 0.102. The maximum atomic E-state index is 14.5. The highest BCUT2D eigenvalue weighted by atomic mass is 32.1. The van der Waals surface area contributed by atoms with Crippen LogP contribution in [0.15, 0.2) is 29.6 Å². The third-order valence-electron chi connectivity index (χ3n) is 10.4. The predicted octanol–water partition coefficient (Wildman–Crippen LogP) is 4.80. The molecule has 2 aromatic rings. The number of nitrogens with one attached hydrogen (secondary N) is 2. The molecular weight excluding hydrogens is 709 g/mol. The largest absolute Gasteiger partial charge is 0.508 e. The molecule has 3 rings (SSSR count). The monoisotopic (exact) mass is 770 g/mol. The van der Waals surface area contributed by atoms with Crippen LogP contribution < -0.4 is 16.4 Å². The fourth-order valence-electron chi connectivity index (χ4n) is 6.82. The zero-order valence-corrected chi connectivity index (χ0v) is 34.0. The van der Waals surface area contributed by atoms with Gasteiger partial charge < -0.3 is 31.1 Å². The lowest BCUT2D eigenvalue weighted by Crippen LogP contribution is -2.59. The van der Waals surface area contributed by atoms with Gasteiger partial charge in [0.25, 0.3) is 5.91 Å². The number of likely N-dealkylation sites (tertiary alicyclic amines) is 1. The molecule has 54 heavy (non-hydrogen) atoms. The number of benzene rings is 1. The van der Waals surface area contributed by atoms with Crippen LogP contribution in [0.5, 0.6) is 5.75 Å². The first-order valence-corrected chi connectivity index (χ1v) is 20.3. The van der Waals surface area contributed by atoms with Gasteiger partial charge in [0.2, 0.25) is 17.7 Å². The molecule has 1 fully saturated rings. The van der Waals surface area contributed by atoms with Gasteiger partial charge in [0.05, 0.1) is 11.0 Å². The summed E-state index contributed by atoms with van der Waals surface area (Å²) >= 11 is 1.34. The number of hydrogen-bond acceptors (Lipinski definition) is 10. The van der Waals surface area contributed by atoms with Crippen molar-refractivity contribution < 1.29 is 33.8 Å². The maximum Gasteiger partial charge on any atom is 0.307 e. The van der Waals surface area contributed by atoms with E-state index in [9.17, 15) is 29.1 Å². The zero-order valence-electron chi connectivity index (χ0n) is 33.1. The summed E-state index contributed by atoms with van der Waals surface area (Å²) in [4.78, 5) is 74.2. The van der Waals surface area contributed by atoms with Gasteiger partial charge in [0.15, 0.2) is 6.73 Å². The molecule has 6 atom stereocenters. The molecule has 1 aromatic carbocycles. The summed E-state index contributed by atoms with van der Waals surface area (Å²) in [5.74, 6) is -2.23. The molecule has 4 amide bonds. The van der Waals surface area contributed by atoms with Crippen LogP contribution >= 0.6 is 11.3 Å². The number of likely N-dealkylation sites (N-methyl/N-ethyl adjacent to an activating group) is 1. The lowest BCUT2D eigenvalue weighted by atomic mass is 9.93. The fourth-order valence-corrected chi connectivity index (χ4v) is 7.61.